The van der Waals surface area contributed by atoms with E-state index in [1.54, 1.807) is 0 Å². The molecule has 3 aliphatic carbocycles. The fourth-order valence-corrected chi connectivity index (χ4v) is 3.75. The first kappa shape index (κ1) is 9.17. The van der Waals surface area contributed by atoms with Crippen LogP contribution in [0.5, 0.6) is 0 Å². The largest absolute Gasteiger partial charge is 0.376 e. The average Bonchev–Trinajstić information content (AvgIpc) is 2.90. The number of hydrogen-bond donors (Lipinski definition) is 1. The van der Waals surface area contributed by atoms with Crippen LogP contribution in [0, 0.1) is 10.8 Å². The first-order chi connectivity index (χ1) is 6.83. The number of rotatable bonds is 4. The summed E-state index contributed by atoms with van der Waals surface area (Å²) in [6.07, 6.45) is 9.35. The van der Waals surface area contributed by atoms with Crippen molar-refractivity contribution in [1.82, 2.24) is 5.32 Å². The number of nitrogens with one attached hydrogen (secondary N) is 1. The van der Waals surface area contributed by atoms with Crippen molar-refractivity contribution in [3.05, 3.63) is 0 Å². The third-order valence-electron chi connectivity index (χ3n) is 5.10. The molecule has 0 radical (unpaired) electrons. The van der Waals surface area contributed by atoms with Crippen LogP contribution in [0.25, 0.3) is 0 Å². The number of ether oxygens (including phenoxy) is 1. The van der Waals surface area contributed by atoms with Crippen LogP contribution < -0.4 is 5.32 Å². The van der Waals surface area contributed by atoms with Crippen molar-refractivity contribution < 1.29 is 4.74 Å². The summed E-state index contributed by atoms with van der Waals surface area (Å²) in [6, 6.07) is 0. The molecule has 0 aromatic carbocycles. The van der Waals surface area contributed by atoms with Gasteiger partial charge in [0.25, 0.3) is 0 Å². The molecule has 2 spiro atoms. The summed E-state index contributed by atoms with van der Waals surface area (Å²) in [5, 5.41) is 3.15. The molecular weight excluding hydrogens is 174 g/mol. The molecule has 2 heteroatoms. The molecule has 0 bridgehead atoms. The quantitative estimate of drug-likeness (QED) is 0.692. The van der Waals surface area contributed by atoms with Gasteiger partial charge in [0.1, 0.15) is 0 Å². The van der Waals surface area contributed by atoms with E-state index in [-0.39, 0.29) is 0 Å². The number of hydrogen-bond acceptors (Lipinski definition) is 2. The van der Waals surface area contributed by atoms with Crippen LogP contribution in [0.1, 0.15) is 38.5 Å². The van der Waals surface area contributed by atoms with Crippen molar-refractivity contribution in [1.29, 1.82) is 0 Å². The van der Waals surface area contributed by atoms with Gasteiger partial charge in [-0.05, 0) is 51.0 Å². The SMILES string of the molecule is CNCCO[C@H]1CC[C@]12CCC21CC1. The third kappa shape index (κ3) is 0.989. The topological polar surface area (TPSA) is 21.3 Å². The Morgan fingerprint density at radius 1 is 1.21 bits per heavy atom. The maximum absolute atomic E-state index is 5.99. The summed E-state index contributed by atoms with van der Waals surface area (Å²) in [5.41, 5.74) is 1.45. The molecule has 0 unspecified atom stereocenters. The van der Waals surface area contributed by atoms with Gasteiger partial charge in [-0.15, -0.1) is 0 Å². The Labute approximate surface area is 86.4 Å². The lowest BCUT2D eigenvalue weighted by Gasteiger charge is -2.62. The molecule has 0 aromatic heterocycles. The number of fused-ring (bicyclic) bond motifs is 1. The second-order valence-corrected chi connectivity index (χ2v) is 5.44. The third-order valence-corrected chi connectivity index (χ3v) is 5.10. The summed E-state index contributed by atoms with van der Waals surface area (Å²) in [4.78, 5) is 0. The van der Waals surface area contributed by atoms with E-state index in [0.29, 0.717) is 11.5 Å². The van der Waals surface area contributed by atoms with Gasteiger partial charge in [-0.2, -0.15) is 0 Å². The van der Waals surface area contributed by atoms with E-state index in [9.17, 15) is 0 Å². The molecule has 3 fully saturated rings. The lowest BCUT2D eigenvalue weighted by molar-refractivity contribution is -0.199. The van der Waals surface area contributed by atoms with Crippen molar-refractivity contribution in [3.63, 3.8) is 0 Å². The van der Waals surface area contributed by atoms with E-state index in [2.05, 4.69) is 5.32 Å². The molecule has 14 heavy (non-hydrogen) atoms. The minimum absolute atomic E-state index is 0.618. The Morgan fingerprint density at radius 3 is 2.43 bits per heavy atom. The number of likely N-dealkylation sites (N-methyl/N-ethyl adjacent to an activating group) is 1. The summed E-state index contributed by atoms with van der Waals surface area (Å²) < 4.78 is 5.99. The minimum Gasteiger partial charge on any atom is -0.376 e. The van der Waals surface area contributed by atoms with Gasteiger partial charge in [0.05, 0.1) is 12.7 Å². The van der Waals surface area contributed by atoms with Crippen molar-refractivity contribution in [2.45, 2.75) is 44.6 Å². The van der Waals surface area contributed by atoms with Gasteiger partial charge < -0.3 is 10.1 Å². The lowest BCUT2D eigenvalue weighted by atomic mass is 9.46. The van der Waals surface area contributed by atoms with Crippen LogP contribution in [-0.2, 0) is 4.74 Å². The molecule has 0 amide bonds. The fraction of sp³-hybridized carbons (Fsp3) is 1.00. The van der Waals surface area contributed by atoms with Crippen LogP contribution in [0.2, 0.25) is 0 Å². The van der Waals surface area contributed by atoms with E-state index < -0.39 is 0 Å². The van der Waals surface area contributed by atoms with E-state index in [0.717, 1.165) is 18.6 Å². The monoisotopic (exact) mass is 195 g/mol. The minimum atomic E-state index is 0.618. The predicted octanol–water partition coefficient (Wildman–Crippen LogP) is 1.95. The first-order valence-corrected chi connectivity index (χ1v) is 6.09. The van der Waals surface area contributed by atoms with E-state index >= 15 is 0 Å². The van der Waals surface area contributed by atoms with Gasteiger partial charge in [-0.3, -0.25) is 0 Å². The smallest absolute Gasteiger partial charge is 0.0637 e. The van der Waals surface area contributed by atoms with E-state index in [1.165, 1.54) is 38.5 Å². The molecular formula is C12H21NO. The molecule has 0 heterocycles. The van der Waals surface area contributed by atoms with Gasteiger partial charge in [0.15, 0.2) is 0 Å². The molecule has 3 aliphatic rings. The molecule has 3 saturated carbocycles. The highest BCUT2D eigenvalue weighted by Gasteiger charge is 2.71. The maximum Gasteiger partial charge on any atom is 0.0637 e. The molecule has 0 aromatic rings. The van der Waals surface area contributed by atoms with Crippen LogP contribution >= 0.6 is 0 Å². The maximum atomic E-state index is 5.99. The van der Waals surface area contributed by atoms with Crippen LogP contribution in [0.3, 0.4) is 0 Å². The molecule has 2 nitrogen and oxygen atoms in total. The normalized spacial score (nSPS) is 42.2. The summed E-state index contributed by atoms with van der Waals surface area (Å²) in [5.74, 6) is 0. The zero-order valence-electron chi connectivity index (χ0n) is 9.14. The Bertz CT molecular complexity index is 232. The van der Waals surface area contributed by atoms with Gasteiger partial charge in [-0.25, -0.2) is 0 Å². The molecule has 3 rings (SSSR count). The van der Waals surface area contributed by atoms with Crippen LogP contribution in [-0.4, -0.2) is 26.3 Å². The highest BCUT2D eigenvalue weighted by atomic mass is 16.5. The molecule has 80 valence electrons. The highest BCUT2D eigenvalue weighted by molar-refractivity contribution is 5.21. The summed E-state index contributed by atoms with van der Waals surface area (Å²) in [7, 11) is 1.99. The van der Waals surface area contributed by atoms with Gasteiger partial charge >= 0.3 is 0 Å². The summed E-state index contributed by atoms with van der Waals surface area (Å²) in [6.45, 7) is 1.90. The Balaban J connectivity index is 1.55. The first-order valence-electron chi connectivity index (χ1n) is 6.09. The zero-order valence-corrected chi connectivity index (χ0v) is 9.14. The fourth-order valence-electron chi connectivity index (χ4n) is 3.75. The van der Waals surface area contributed by atoms with Crippen LogP contribution in [0.4, 0.5) is 0 Å². The van der Waals surface area contributed by atoms with Gasteiger partial charge in [0.2, 0.25) is 0 Å². The average molecular weight is 195 g/mol. The van der Waals surface area contributed by atoms with Crippen molar-refractivity contribution in [2.75, 3.05) is 20.2 Å². The highest BCUT2D eigenvalue weighted by Crippen LogP contribution is 2.78. The Hall–Kier alpha value is -0.0800. The molecule has 0 aliphatic heterocycles. The van der Waals surface area contributed by atoms with E-state index in [4.69, 9.17) is 4.74 Å². The van der Waals surface area contributed by atoms with Crippen molar-refractivity contribution in [3.8, 4) is 0 Å². The molecule has 0 saturated heterocycles. The zero-order chi connectivity index (χ0) is 9.65. The van der Waals surface area contributed by atoms with E-state index in [1.807, 2.05) is 7.05 Å². The lowest BCUT2D eigenvalue weighted by Crippen LogP contribution is -2.58. The Morgan fingerprint density at radius 2 is 2.00 bits per heavy atom. The molecule has 1 N–H and O–H groups in total. The van der Waals surface area contributed by atoms with Gasteiger partial charge in [0, 0.05) is 12.0 Å². The summed E-state index contributed by atoms with van der Waals surface area (Å²) >= 11 is 0. The van der Waals surface area contributed by atoms with Crippen molar-refractivity contribution in [2.24, 2.45) is 10.8 Å². The Kier molecular flexibility index (Phi) is 1.94. The second-order valence-electron chi connectivity index (χ2n) is 5.44. The van der Waals surface area contributed by atoms with Crippen molar-refractivity contribution >= 4 is 0 Å². The van der Waals surface area contributed by atoms with Crippen LogP contribution in [0.15, 0.2) is 0 Å². The second kappa shape index (κ2) is 2.96. The molecule has 2 atom stereocenters. The van der Waals surface area contributed by atoms with Gasteiger partial charge in [-0.1, -0.05) is 0 Å². The predicted molar refractivity (Wildman–Crippen MR) is 56.2 cm³/mol. The standard InChI is InChI=1S/C12H21NO/c1-13-8-9-14-10-2-3-12(10)7-6-11(12)4-5-11/h10,13H,2-9H2,1H3/t10-,12-/m0/s1.